The van der Waals surface area contributed by atoms with E-state index < -0.39 is 0 Å². The minimum Gasteiger partial charge on any atom is -0.330 e. The number of hydrogen-bond acceptors (Lipinski definition) is 3. The highest BCUT2D eigenvalue weighted by molar-refractivity contribution is 5.86. The van der Waals surface area contributed by atoms with E-state index in [1.165, 1.54) is 32.1 Å². The van der Waals surface area contributed by atoms with E-state index in [1.54, 1.807) is 0 Å². The Kier molecular flexibility index (Phi) is 41.1. The zero-order valence-corrected chi connectivity index (χ0v) is 16.1. The van der Waals surface area contributed by atoms with Crippen LogP contribution in [0.3, 0.4) is 0 Å². The van der Waals surface area contributed by atoms with Crippen molar-refractivity contribution >= 4 is 49.6 Å². The van der Waals surface area contributed by atoms with Gasteiger partial charge in [-0.1, -0.05) is 26.2 Å². The highest BCUT2D eigenvalue weighted by Gasteiger charge is 2.05. The van der Waals surface area contributed by atoms with Crippen molar-refractivity contribution in [3.05, 3.63) is 0 Å². The van der Waals surface area contributed by atoms with Gasteiger partial charge in [0.2, 0.25) is 0 Å². The summed E-state index contributed by atoms with van der Waals surface area (Å²) in [6.07, 6.45) is 8.47. The summed E-state index contributed by atoms with van der Waals surface area (Å²) < 4.78 is 0. The molecule has 2 unspecified atom stereocenters. The van der Waals surface area contributed by atoms with E-state index in [0.29, 0.717) is 12.1 Å². The van der Waals surface area contributed by atoms with Crippen molar-refractivity contribution in [3.8, 4) is 0 Å². The average molecular weight is 375 g/mol. The second-order valence-corrected chi connectivity index (χ2v) is 4.79. The van der Waals surface area contributed by atoms with Gasteiger partial charge in [-0.25, -0.2) is 0 Å². The minimum atomic E-state index is 0. The second-order valence-electron chi connectivity index (χ2n) is 4.79. The number of hydrogen-bond donors (Lipinski definition) is 3. The lowest BCUT2D eigenvalue weighted by atomic mass is 10.0. The van der Waals surface area contributed by atoms with Gasteiger partial charge in [-0.3, -0.25) is 0 Å². The fourth-order valence-electron chi connectivity index (χ4n) is 1.96. The van der Waals surface area contributed by atoms with E-state index >= 15 is 0 Å². The summed E-state index contributed by atoms with van der Waals surface area (Å²) in [5, 5.41) is 3.42. The quantitative estimate of drug-likeness (QED) is 0.483. The molecule has 7 heteroatoms. The first kappa shape index (κ1) is 32.8. The van der Waals surface area contributed by atoms with Gasteiger partial charge in [-0.15, -0.1) is 49.6 Å². The molecule has 0 saturated carbocycles. The summed E-state index contributed by atoms with van der Waals surface area (Å²) >= 11 is 0. The number of nitrogens with one attached hydrogen (secondary N) is 1. The van der Waals surface area contributed by atoms with Gasteiger partial charge >= 0.3 is 0 Å². The number of nitrogens with two attached hydrogens (primary N) is 2. The zero-order chi connectivity index (χ0) is 12.2. The molecule has 0 radical (unpaired) electrons. The summed E-state index contributed by atoms with van der Waals surface area (Å²) in [5.41, 5.74) is 11.5. The van der Waals surface area contributed by atoms with Crippen LogP contribution in [0.4, 0.5) is 0 Å². The van der Waals surface area contributed by atoms with Crippen LogP contribution in [0.5, 0.6) is 0 Å². The lowest BCUT2D eigenvalue weighted by molar-refractivity contribution is 0.450. The molecule has 0 aliphatic heterocycles. The molecule has 3 nitrogen and oxygen atoms in total. The van der Waals surface area contributed by atoms with Gasteiger partial charge in [0.15, 0.2) is 0 Å². The summed E-state index contributed by atoms with van der Waals surface area (Å²) in [6.45, 7) is 6.26. The molecule has 2 atom stereocenters. The van der Waals surface area contributed by atoms with Crippen molar-refractivity contribution in [2.75, 3.05) is 13.1 Å². The van der Waals surface area contributed by atoms with Crippen LogP contribution in [-0.4, -0.2) is 25.2 Å². The van der Waals surface area contributed by atoms with Crippen LogP contribution in [0.25, 0.3) is 0 Å². The van der Waals surface area contributed by atoms with E-state index in [0.717, 1.165) is 25.9 Å². The molecule has 0 rings (SSSR count). The first-order chi connectivity index (χ1) is 7.70. The maximum absolute atomic E-state index is 6.08. The third kappa shape index (κ3) is 24.1. The van der Waals surface area contributed by atoms with E-state index in [9.17, 15) is 0 Å². The van der Waals surface area contributed by atoms with Gasteiger partial charge in [-0.05, 0) is 45.7 Å². The van der Waals surface area contributed by atoms with Crippen LogP contribution in [0.1, 0.15) is 58.8 Å². The fourth-order valence-corrected chi connectivity index (χ4v) is 1.96. The number of halogens is 4. The maximum atomic E-state index is 6.08. The number of unbranched alkanes of at least 4 members (excludes halogenated alkanes) is 3. The summed E-state index contributed by atoms with van der Waals surface area (Å²) in [5.74, 6) is 0. The Labute approximate surface area is 150 Å². The highest BCUT2D eigenvalue weighted by Crippen LogP contribution is 2.09. The monoisotopic (exact) mass is 373 g/mol. The SMILES string of the molecule is CCNC(C)CCC(N)CCCCCCN.Cl.Cl.Cl.Cl. The molecule has 0 fully saturated rings. The van der Waals surface area contributed by atoms with Crippen molar-refractivity contribution in [1.82, 2.24) is 5.32 Å². The summed E-state index contributed by atoms with van der Waals surface area (Å²) in [4.78, 5) is 0. The molecular weight excluding hydrogens is 340 g/mol. The molecule has 0 heterocycles. The maximum Gasteiger partial charge on any atom is 0.00394 e. The third-order valence-electron chi connectivity index (χ3n) is 3.05. The van der Waals surface area contributed by atoms with Gasteiger partial charge in [0.1, 0.15) is 0 Å². The molecule has 130 valence electrons. The fraction of sp³-hybridized carbons (Fsp3) is 1.00. The zero-order valence-electron chi connectivity index (χ0n) is 12.8. The van der Waals surface area contributed by atoms with Crippen LogP contribution in [0, 0.1) is 0 Å². The predicted molar refractivity (Wildman–Crippen MR) is 101 cm³/mol. The van der Waals surface area contributed by atoms with Gasteiger partial charge < -0.3 is 16.8 Å². The predicted octanol–water partition coefficient (Wildman–Crippen LogP) is 3.69. The van der Waals surface area contributed by atoms with E-state index in [-0.39, 0.29) is 49.6 Å². The molecule has 0 aliphatic carbocycles. The first-order valence-corrected chi connectivity index (χ1v) is 6.89. The molecule has 0 aromatic heterocycles. The Balaban J connectivity index is -0.000000187. The molecule has 0 aliphatic rings. The van der Waals surface area contributed by atoms with Gasteiger partial charge in [0, 0.05) is 12.1 Å². The van der Waals surface area contributed by atoms with Crippen molar-refractivity contribution < 1.29 is 0 Å². The summed E-state index contributed by atoms with van der Waals surface area (Å²) in [7, 11) is 0. The molecule has 0 aromatic rings. The van der Waals surface area contributed by atoms with Gasteiger partial charge in [0.25, 0.3) is 0 Å². The summed E-state index contributed by atoms with van der Waals surface area (Å²) in [6, 6.07) is 0.993. The normalized spacial score (nSPS) is 12.0. The molecule has 20 heavy (non-hydrogen) atoms. The van der Waals surface area contributed by atoms with Crippen molar-refractivity contribution in [3.63, 3.8) is 0 Å². The molecule has 5 N–H and O–H groups in total. The van der Waals surface area contributed by atoms with Crippen LogP contribution in [0.15, 0.2) is 0 Å². The van der Waals surface area contributed by atoms with E-state index in [1.807, 2.05) is 0 Å². The molecular formula is C13H35Cl4N3. The van der Waals surface area contributed by atoms with Crippen molar-refractivity contribution in [1.29, 1.82) is 0 Å². The van der Waals surface area contributed by atoms with Crippen LogP contribution < -0.4 is 16.8 Å². The second kappa shape index (κ2) is 25.0. The lowest BCUT2D eigenvalue weighted by Gasteiger charge is -2.16. The van der Waals surface area contributed by atoms with E-state index in [4.69, 9.17) is 11.5 Å². The average Bonchev–Trinajstić information content (AvgIpc) is 2.26. The van der Waals surface area contributed by atoms with Crippen LogP contribution in [0.2, 0.25) is 0 Å². The van der Waals surface area contributed by atoms with Crippen molar-refractivity contribution in [2.45, 2.75) is 70.9 Å². The van der Waals surface area contributed by atoms with Crippen LogP contribution >= 0.6 is 49.6 Å². The highest BCUT2D eigenvalue weighted by atomic mass is 35.5. The molecule has 0 saturated heterocycles. The van der Waals surface area contributed by atoms with Gasteiger partial charge in [-0.2, -0.15) is 0 Å². The Morgan fingerprint density at radius 1 is 0.850 bits per heavy atom. The Morgan fingerprint density at radius 3 is 1.90 bits per heavy atom. The molecule has 0 spiro atoms. The lowest BCUT2D eigenvalue weighted by Crippen LogP contribution is -2.29. The number of rotatable bonds is 11. The Morgan fingerprint density at radius 2 is 1.40 bits per heavy atom. The minimum absolute atomic E-state index is 0. The Bertz CT molecular complexity index is 154. The topological polar surface area (TPSA) is 64.1 Å². The van der Waals surface area contributed by atoms with E-state index in [2.05, 4.69) is 19.2 Å². The van der Waals surface area contributed by atoms with Crippen LogP contribution in [-0.2, 0) is 0 Å². The van der Waals surface area contributed by atoms with Crippen molar-refractivity contribution in [2.24, 2.45) is 11.5 Å². The van der Waals surface area contributed by atoms with Gasteiger partial charge in [0.05, 0.1) is 0 Å². The smallest absolute Gasteiger partial charge is 0.00394 e. The third-order valence-corrected chi connectivity index (χ3v) is 3.05. The molecule has 0 amide bonds. The standard InChI is InChI=1S/C13H31N3.4ClH/c1-3-16-12(2)9-10-13(15)8-6-4-5-7-11-14;;;;/h12-13,16H,3-11,14-15H2,1-2H3;4*1H. The molecule has 0 aromatic carbocycles. The largest absolute Gasteiger partial charge is 0.330 e. The first-order valence-electron chi connectivity index (χ1n) is 6.89. The molecule has 0 bridgehead atoms. The Hall–Kier alpha value is 1.04.